The van der Waals surface area contributed by atoms with Crippen LogP contribution in [0, 0.1) is 6.92 Å². The molecule has 182 valence electrons. The van der Waals surface area contributed by atoms with E-state index >= 15 is 0 Å². The van der Waals surface area contributed by atoms with E-state index in [4.69, 9.17) is 9.47 Å². The fourth-order valence-corrected chi connectivity index (χ4v) is 6.36. The predicted octanol–water partition coefficient (Wildman–Crippen LogP) is 4.20. The molecule has 0 aliphatic heterocycles. The van der Waals surface area contributed by atoms with Crippen molar-refractivity contribution in [3.63, 3.8) is 0 Å². The molecule has 0 fully saturated rings. The van der Waals surface area contributed by atoms with Gasteiger partial charge in [-0.3, -0.25) is 14.4 Å². The number of carbonyl (C=O) groups is 1. The van der Waals surface area contributed by atoms with Crippen molar-refractivity contribution in [3.05, 3.63) is 48.0 Å². The van der Waals surface area contributed by atoms with Crippen LogP contribution in [0.1, 0.15) is 19.4 Å². The highest BCUT2D eigenvalue weighted by molar-refractivity contribution is 8.01. The largest absolute Gasteiger partial charge is 0.493 e. The Labute approximate surface area is 207 Å². The molecule has 0 spiro atoms. The molecule has 1 aromatic heterocycles. The van der Waals surface area contributed by atoms with E-state index in [1.165, 1.54) is 55.5 Å². The zero-order chi connectivity index (χ0) is 24.9. The maximum Gasteiger partial charge on any atom is 0.264 e. The number of nitrogens with one attached hydrogen (secondary N) is 1. The Balaban J connectivity index is 1.92. The summed E-state index contributed by atoms with van der Waals surface area (Å²) in [6.45, 7) is 5.50. The molecular weight excluding hydrogens is 496 g/mol. The normalized spacial score (nSPS) is 11.4. The number of rotatable bonds is 10. The van der Waals surface area contributed by atoms with Crippen molar-refractivity contribution in [1.29, 1.82) is 0 Å². The van der Waals surface area contributed by atoms with E-state index < -0.39 is 22.5 Å². The van der Waals surface area contributed by atoms with Crippen molar-refractivity contribution < 1.29 is 22.7 Å². The number of amides is 1. The average Bonchev–Trinajstić information content (AvgIpc) is 3.23. The lowest BCUT2D eigenvalue weighted by Gasteiger charge is -2.24. The standard InChI is InChI=1S/C22H26N4O5S3/c1-14(2)32-22-25-24-21(33-22)23-20(27)13-26(16-8-6-15(3)7-9-16)34(28,29)17-10-11-18(30-4)19(12-17)31-5/h6-12,14H,13H2,1-5H3,(H,23,24,27). The van der Waals surface area contributed by atoms with E-state index in [-0.39, 0.29) is 10.6 Å². The number of anilines is 2. The fourth-order valence-electron chi connectivity index (χ4n) is 2.93. The van der Waals surface area contributed by atoms with Gasteiger partial charge in [0.05, 0.1) is 24.8 Å². The van der Waals surface area contributed by atoms with Crippen LogP contribution in [-0.4, -0.2) is 50.5 Å². The second-order valence-corrected chi connectivity index (χ2v) is 12.1. The van der Waals surface area contributed by atoms with Crippen molar-refractivity contribution in [2.24, 2.45) is 0 Å². The Morgan fingerprint density at radius 1 is 1.09 bits per heavy atom. The smallest absolute Gasteiger partial charge is 0.264 e. The van der Waals surface area contributed by atoms with Crippen LogP contribution < -0.4 is 19.1 Å². The van der Waals surface area contributed by atoms with Gasteiger partial charge in [0.25, 0.3) is 10.0 Å². The molecule has 9 nitrogen and oxygen atoms in total. The Morgan fingerprint density at radius 3 is 2.38 bits per heavy atom. The van der Waals surface area contributed by atoms with E-state index in [0.717, 1.165) is 14.2 Å². The highest BCUT2D eigenvalue weighted by Gasteiger charge is 2.28. The van der Waals surface area contributed by atoms with Crippen LogP contribution in [0.15, 0.2) is 51.7 Å². The lowest BCUT2D eigenvalue weighted by molar-refractivity contribution is -0.114. The predicted molar refractivity (Wildman–Crippen MR) is 135 cm³/mol. The van der Waals surface area contributed by atoms with Gasteiger partial charge in [0.2, 0.25) is 11.0 Å². The number of ether oxygens (including phenoxy) is 2. The summed E-state index contributed by atoms with van der Waals surface area (Å²) in [5.41, 5.74) is 1.31. The summed E-state index contributed by atoms with van der Waals surface area (Å²) in [5.74, 6) is 0.121. The second kappa shape index (κ2) is 11.1. The van der Waals surface area contributed by atoms with Gasteiger partial charge in [-0.05, 0) is 31.2 Å². The monoisotopic (exact) mass is 522 g/mol. The summed E-state index contributed by atoms with van der Waals surface area (Å²) in [6.07, 6.45) is 0. The zero-order valence-electron chi connectivity index (χ0n) is 19.4. The van der Waals surface area contributed by atoms with Crippen LogP contribution in [0.3, 0.4) is 0 Å². The molecule has 0 saturated heterocycles. The Morgan fingerprint density at radius 2 is 1.76 bits per heavy atom. The number of nitrogens with zero attached hydrogens (tertiary/aromatic N) is 3. The molecule has 34 heavy (non-hydrogen) atoms. The van der Waals surface area contributed by atoms with Crippen molar-refractivity contribution in [1.82, 2.24) is 10.2 Å². The molecule has 1 heterocycles. The van der Waals surface area contributed by atoms with Gasteiger partial charge >= 0.3 is 0 Å². The van der Waals surface area contributed by atoms with E-state index in [1.807, 2.05) is 20.8 Å². The van der Waals surface area contributed by atoms with Gasteiger partial charge in [-0.25, -0.2) is 8.42 Å². The van der Waals surface area contributed by atoms with Gasteiger partial charge in [-0.15, -0.1) is 10.2 Å². The summed E-state index contributed by atoms with van der Waals surface area (Å²) >= 11 is 2.77. The third-order valence-corrected chi connectivity index (χ3v) is 8.24. The SMILES string of the molecule is COc1ccc(S(=O)(=O)N(CC(=O)Nc2nnc(SC(C)C)s2)c2ccc(C)cc2)cc1OC. The summed E-state index contributed by atoms with van der Waals surface area (Å²) in [7, 11) is -1.23. The number of thioether (sulfide) groups is 1. The Hall–Kier alpha value is -2.83. The summed E-state index contributed by atoms with van der Waals surface area (Å²) in [6, 6.07) is 11.2. The van der Waals surface area contributed by atoms with E-state index in [2.05, 4.69) is 15.5 Å². The summed E-state index contributed by atoms with van der Waals surface area (Å²) in [5, 5.41) is 11.3. The van der Waals surface area contributed by atoms with E-state index in [9.17, 15) is 13.2 Å². The van der Waals surface area contributed by atoms with Crippen molar-refractivity contribution in [2.45, 2.75) is 35.3 Å². The van der Waals surface area contributed by atoms with E-state index in [1.54, 1.807) is 24.3 Å². The lowest BCUT2D eigenvalue weighted by atomic mass is 10.2. The molecule has 3 aromatic rings. The number of aromatic nitrogens is 2. The molecule has 0 radical (unpaired) electrons. The molecule has 0 aliphatic rings. The topological polar surface area (TPSA) is 111 Å². The first-order valence-electron chi connectivity index (χ1n) is 10.3. The minimum Gasteiger partial charge on any atom is -0.493 e. The molecule has 3 rings (SSSR count). The molecule has 12 heteroatoms. The summed E-state index contributed by atoms with van der Waals surface area (Å²) < 4.78 is 39.5. The molecule has 0 saturated carbocycles. The molecule has 0 bridgehead atoms. The number of hydrogen-bond acceptors (Lipinski definition) is 9. The summed E-state index contributed by atoms with van der Waals surface area (Å²) in [4.78, 5) is 12.8. The Bertz CT molecular complexity index is 1240. The lowest BCUT2D eigenvalue weighted by Crippen LogP contribution is -2.38. The van der Waals surface area contributed by atoms with Gasteiger partial charge in [0.15, 0.2) is 15.8 Å². The average molecular weight is 523 g/mol. The van der Waals surface area contributed by atoms with Crippen LogP contribution >= 0.6 is 23.1 Å². The molecular formula is C22H26N4O5S3. The van der Waals surface area contributed by atoms with Crippen molar-refractivity contribution in [3.8, 4) is 11.5 Å². The van der Waals surface area contributed by atoms with Crippen molar-refractivity contribution in [2.75, 3.05) is 30.4 Å². The van der Waals surface area contributed by atoms with Crippen LogP contribution in [0.5, 0.6) is 11.5 Å². The van der Waals surface area contributed by atoms with Gasteiger partial charge in [-0.2, -0.15) is 0 Å². The first-order valence-corrected chi connectivity index (χ1v) is 13.4. The molecule has 2 aromatic carbocycles. The number of sulfonamides is 1. The van der Waals surface area contributed by atoms with E-state index in [0.29, 0.717) is 21.8 Å². The minimum atomic E-state index is -4.12. The molecule has 0 aliphatic carbocycles. The number of benzene rings is 2. The number of aryl methyl sites for hydroxylation is 1. The first-order chi connectivity index (χ1) is 16.1. The van der Waals surface area contributed by atoms with Gasteiger partial charge in [-0.1, -0.05) is 54.6 Å². The number of methoxy groups -OCH3 is 2. The second-order valence-electron chi connectivity index (χ2n) is 7.45. The zero-order valence-corrected chi connectivity index (χ0v) is 21.9. The van der Waals surface area contributed by atoms with Gasteiger partial charge in [0.1, 0.15) is 6.54 Å². The van der Waals surface area contributed by atoms with Crippen LogP contribution in [-0.2, 0) is 14.8 Å². The first kappa shape index (κ1) is 25.8. The molecule has 0 unspecified atom stereocenters. The molecule has 1 N–H and O–H groups in total. The highest BCUT2D eigenvalue weighted by atomic mass is 32.2. The number of hydrogen-bond donors (Lipinski definition) is 1. The van der Waals surface area contributed by atoms with Gasteiger partial charge in [0, 0.05) is 11.3 Å². The maximum absolute atomic E-state index is 13.6. The third-order valence-electron chi connectivity index (χ3n) is 4.54. The molecule has 0 atom stereocenters. The quantitative estimate of drug-likeness (QED) is 0.312. The highest BCUT2D eigenvalue weighted by Crippen LogP contribution is 2.33. The van der Waals surface area contributed by atoms with Crippen molar-refractivity contribution >= 4 is 49.8 Å². The molecule has 1 amide bonds. The fraction of sp³-hybridized carbons (Fsp3) is 0.318. The Kier molecular flexibility index (Phi) is 8.39. The van der Waals surface area contributed by atoms with Crippen LogP contribution in [0.4, 0.5) is 10.8 Å². The van der Waals surface area contributed by atoms with Gasteiger partial charge < -0.3 is 9.47 Å². The number of carbonyl (C=O) groups excluding carboxylic acids is 1. The minimum absolute atomic E-state index is 0.0370. The van der Waals surface area contributed by atoms with Crippen LogP contribution in [0.25, 0.3) is 0 Å². The maximum atomic E-state index is 13.6. The third kappa shape index (κ3) is 6.19. The van der Waals surface area contributed by atoms with Crippen LogP contribution in [0.2, 0.25) is 0 Å².